The summed E-state index contributed by atoms with van der Waals surface area (Å²) in [5.41, 5.74) is 0.831. The summed E-state index contributed by atoms with van der Waals surface area (Å²) in [7, 11) is 0. The van der Waals surface area contributed by atoms with Gasteiger partial charge in [0, 0.05) is 4.47 Å². The third-order valence-electron chi connectivity index (χ3n) is 3.16. The number of benzene rings is 3. The summed E-state index contributed by atoms with van der Waals surface area (Å²) in [6.07, 6.45) is 0. The van der Waals surface area contributed by atoms with Crippen molar-refractivity contribution in [1.82, 2.24) is 0 Å². The van der Waals surface area contributed by atoms with Crippen LogP contribution in [0, 0.1) is 5.82 Å². The van der Waals surface area contributed by atoms with Crippen LogP contribution < -0.4 is 4.74 Å². The van der Waals surface area contributed by atoms with Gasteiger partial charge in [0.1, 0.15) is 18.2 Å². The molecule has 0 unspecified atom stereocenters. The number of fused-ring (bicyclic) bond motifs is 1. The second-order valence-corrected chi connectivity index (χ2v) is 6.01. The Morgan fingerprint density at radius 3 is 2.52 bits per heavy atom. The topological polar surface area (TPSA) is 9.23 Å². The Labute approximate surface area is 135 Å². The third-order valence-corrected chi connectivity index (χ3v) is 3.95. The molecule has 21 heavy (non-hydrogen) atoms. The average molecular weight is 366 g/mol. The molecule has 0 saturated carbocycles. The Hall–Kier alpha value is -1.58. The first-order valence-corrected chi connectivity index (χ1v) is 7.55. The van der Waals surface area contributed by atoms with E-state index in [-0.39, 0.29) is 5.02 Å². The van der Waals surface area contributed by atoms with Crippen LogP contribution in [0.1, 0.15) is 5.56 Å². The minimum absolute atomic E-state index is 0.111. The number of halogens is 3. The molecule has 0 bridgehead atoms. The van der Waals surface area contributed by atoms with E-state index in [1.807, 2.05) is 30.3 Å². The maximum atomic E-state index is 13.1. The lowest BCUT2D eigenvalue weighted by Crippen LogP contribution is -1.96. The fraction of sp³-hybridized carbons (Fsp3) is 0.0588. The Morgan fingerprint density at radius 1 is 0.952 bits per heavy atom. The fourth-order valence-corrected chi connectivity index (χ4v) is 2.66. The van der Waals surface area contributed by atoms with Gasteiger partial charge in [0.25, 0.3) is 0 Å². The van der Waals surface area contributed by atoms with Gasteiger partial charge in [0.2, 0.25) is 0 Å². The van der Waals surface area contributed by atoms with Gasteiger partial charge in [-0.05, 0) is 52.7 Å². The van der Waals surface area contributed by atoms with E-state index in [9.17, 15) is 4.39 Å². The Morgan fingerprint density at radius 2 is 1.71 bits per heavy atom. The molecule has 0 N–H and O–H groups in total. The van der Waals surface area contributed by atoms with Gasteiger partial charge in [-0.15, -0.1) is 0 Å². The van der Waals surface area contributed by atoms with Crippen LogP contribution in [-0.4, -0.2) is 0 Å². The van der Waals surface area contributed by atoms with Crippen molar-refractivity contribution in [3.05, 3.63) is 75.5 Å². The molecular formula is C17H11BrClFO. The minimum Gasteiger partial charge on any atom is -0.489 e. The van der Waals surface area contributed by atoms with Crippen molar-refractivity contribution < 1.29 is 9.13 Å². The van der Waals surface area contributed by atoms with Crippen LogP contribution in [0.15, 0.2) is 59.1 Å². The van der Waals surface area contributed by atoms with Gasteiger partial charge in [-0.1, -0.05) is 45.7 Å². The number of rotatable bonds is 3. The van der Waals surface area contributed by atoms with E-state index in [0.29, 0.717) is 6.61 Å². The van der Waals surface area contributed by atoms with Crippen LogP contribution in [0.4, 0.5) is 4.39 Å². The molecule has 0 spiro atoms. The van der Waals surface area contributed by atoms with E-state index in [1.165, 1.54) is 6.07 Å². The summed E-state index contributed by atoms with van der Waals surface area (Å²) in [5.74, 6) is 0.349. The molecule has 0 atom stereocenters. The van der Waals surface area contributed by atoms with Crippen molar-refractivity contribution in [3.8, 4) is 5.75 Å². The summed E-state index contributed by atoms with van der Waals surface area (Å²) >= 11 is 9.20. The van der Waals surface area contributed by atoms with E-state index in [0.717, 1.165) is 26.6 Å². The summed E-state index contributed by atoms with van der Waals surface area (Å²) in [4.78, 5) is 0. The highest BCUT2D eigenvalue weighted by Gasteiger charge is 2.03. The summed E-state index contributed by atoms with van der Waals surface area (Å²) in [6.45, 7) is 0.349. The molecule has 4 heteroatoms. The van der Waals surface area contributed by atoms with Crippen molar-refractivity contribution >= 4 is 38.3 Å². The maximum absolute atomic E-state index is 13.1. The standard InChI is InChI=1S/C17H11BrClFO/c18-14-4-2-13-9-15(5-3-12(13)8-14)21-10-11-1-6-17(20)16(19)7-11/h1-9H,10H2. The molecule has 0 aliphatic heterocycles. The molecular weight excluding hydrogens is 355 g/mol. The third kappa shape index (κ3) is 3.36. The highest BCUT2D eigenvalue weighted by Crippen LogP contribution is 2.25. The molecule has 0 amide bonds. The molecule has 0 radical (unpaired) electrons. The van der Waals surface area contributed by atoms with E-state index in [4.69, 9.17) is 16.3 Å². The predicted molar refractivity (Wildman–Crippen MR) is 87.4 cm³/mol. The minimum atomic E-state index is -0.420. The largest absolute Gasteiger partial charge is 0.489 e. The van der Waals surface area contributed by atoms with Gasteiger partial charge in [0.05, 0.1) is 5.02 Å². The van der Waals surface area contributed by atoms with Crippen LogP contribution in [0.3, 0.4) is 0 Å². The van der Waals surface area contributed by atoms with Gasteiger partial charge >= 0.3 is 0 Å². The molecule has 106 valence electrons. The van der Waals surface area contributed by atoms with Gasteiger partial charge in [-0.3, -0.25) is 0 Å². The maximum Gasteiger partial charge on any atom is 0.141 e. The Balaban J connectivity index is 1.78. The molecule has 3 rings (SSSR count). The monoisotopic (exact) mass is 364 g/mol. The van der Waals surface area contributed by atoms with Gasteiger partial charge < -0.3 is 4.74 Å². The van der Waals surface area contributed by atoms with Crippen molar-refractivity contribution in [2.75, 3.05) is 0 Å². The lowest BCUT2D eigenvalue weighted by Gasteiger charge is -2.08. The van der Waals surface area contributed by atoms with E-state index >= 15 is 0 Å². The lowest BCUT2D eigenvalue weighted by atomic mass is 10.1. The van der Waals surface area contributed by atoms with Crippen molar-refractivity contribution in [2.45, 2.75) is 6.61 Å². The first kappa shape index (κ1) is 14.4. The number of hydrogen-bond donors (Lipinski definition) is 0. The normalized spacial score (nSPS) is 10.8. The van der Waals surface area contributed by atoms with Crippen LogP contribution in [-0.2, 0) is 6.61 Å². The van der Waals surface area contributed by atoms with E-state index < -0.39 is 5.82 Å². The Bertz CT molecular complexity index is 804. The zero-order chi connectivity index (χ0) is 14.8. The van der Waals surface area contributed by atoms with Crippen LogP contribution in [0.2, 0.25) is 5.02 Å². The molecule has 0 heterocycles. The predicted octanol–water partition coefficient (Wildman–Crippen LogP) is 5.97. The lowest BCUT2D eigenvalue weighted by molar-refractivity contribution is 0.306. The van der Waals surface area contributed by atoms with E-state index in [2.05, 4.69) is 22.0 Å². The highest BCUT2D eigenvalue weighted by atomic mass is 79.9. The zero-order valence-corrected chi connectivity index (χ0v) is 13.3. The molecule has 3 aromatic carbocycles. The smallest absolute Gasteiger partial charge is 0.141 e. The van der Waals surface area contributed by atoms with E-state index in [1.54, 1.807) is 12.1 Å². The number of ether oxygens (including phenoxy) is 1. The highest BCUT2D eigenvalue weighted by molar-refractivity contribution is 9.10. The van der Waals surface area contributed by atoms with Crippen LogP contribution in [0.25, 0.3) is 10.8 Å². The molecule has 1 nitrogen and oxygen atoms in total. The van der Waals surface area contributed by atoms with Gasteiger partial charge in [-0.2, -0.15) is 0 Å². The van der Waals surface area contributed by atoms with Crippen molar-refractivity contribution in [2.24, 2.45) is 0 Å². The van der Waals surface area contributed by atoms with Crippen LogP contribution >= 0.6 is 27.5 Å². The van der Waals surface area contributed by atoms with Crippen molar-refractivity contribution in [1.29, 1.82) is 0 Å². The number of hydrogen-bond acceptors (Lipinski definition) is 1. The molecule has 3 aromatic rings. The quantitative estimate of drug-likeness (QED) is 0.555. The van der Waals surface area contributed by atoms with Gasteiger partial charge in [-0.25, -0.2) is 4.39 Å². The summed E-state index contributed by atoms with van der Waals surface area (Å²) in [5, 5.41) is 2.36. The van der Waals surface area contributed by atoms with Crippen LogP contribution in [0.5, 0.6) is 5.75 Å². The molecule has 0 fully saturated rings. The second-order valence-electron chi connectivity index (χ2n) is 4.69. The molecule has 0 aliphatic carbocycles. The fourth-order valence-electron chi connectivity index (χ4n) is 2.08. The van der Waals surface area contributed by atoms with Crippen molar-refractivity contribution in [3.63, 3.8) is 0 Å². The zero-order valence-electron chi connectivity index (χ0n) is 10.9. The average Bonchev–Trinajstić information content (AvgIpc) is 2.48. The summed E-state index contributed by atoms with van der Waals surface area (Å²) < 4.78 is 19.9. The molecule has 0 aliphatic rings. The summed E-state index contributed by atoms with van der Waals surface area (Å²) in [6, 6.07) is 16.6. The molecule has 0 aromatic heterocycles. The Kier molecular flexibility index (Phi) is 4.13. The SMILES string of the molecule is Fc1ccc(COc2ccc3cc(Br)ccc3c2)cc1Cl. The second kappa shape index (κ2) is 6.04. The first-order valence-electron chi connectivity index (χ1n) is 6.38. The first-order chi connectivity index (χ1) is 10.1. The van der Waals surface area contributed by atoms with Gasteiger partial charge in [0.15, 0.2) is 0 Å². The molecule has 0 saturated heterocycles.